The number of aromatic nitrogens is 1. The van der Waals surface area contributed by atoms with Gasteiger partial charge in [0.05, 0.1) is 28.6 Å². The second kappa shape index (κ2) is 12.5. The smallest absolute Gasteiger partial charge is 0.308 e. The standard InChI is InChI=1S/C27H29Cl2FN2O3S/c1-35-18-6-8-24-20(15-18)19(9-11-31-24)23(30)7-5-17-10-12-32(16-21(17)27(33)34)13-14-36-25-4-2-3-22(28)26(25)29/h2-4,6,8-9,11,15,17,21,23H,5,7,10,12-14,16H2,1H3,(H,33,34)/t17-,21+,23-/m1/s1. The van der Waals surface area contributed by atoms with Crippen LogP contribution >= 0.6 is 35.0 Å². The molecule has 36 heavy (non-hydrogen) atoms. The third-order valence-electron chi connectivity index (χ3n) is 6.85. The summed E-state index contributed by atoms with van der Waals surface area (Å²) in [7, 11) is 1.58. The number of halogens is 3. The van der Waals surface area contributed by atoms with Gasteiger partial charge >= 0.3 is 5.97 Å². The van der Waals surface area contributed by atoms with Crippen LogP contribution in [0.1, 0.15) is 31.0 Å². The monoisotopic (exact) mass is 550 g/mol. The molecule has 192 valence electrons. The molecule has 0 saturated carbocycles. The molecule has 1 aliphatic heterocycles. The van der Waals surface area contributed by atoms with E-state index in [1.165, 1.54) is 0 Å². The zero-order valence-electron chi connectivity index (χ0n) is 20.0. The van der Waals surface area contributed by atoms with Gasteiger partial charge in [0.15, 0.2) is 0 Å². The van der Waals surface area contributed by atoms with E-state index in [-0.39, 0.29) is 12.3 Å². The second-order valence-corrected chi connectivity index (χ2v) is 10.9. The number of nitrogens with zero attached hydrogens (tertiary/aromatic N) is 2. The Morgan fingerprint density at radius 3 is 2.92 bits per heavy atom. The molecule has 1 saturated heterocycles. The third kappa shape index (κ3) is 6.43. The van der Waals surface area contributed by atoms with Crippen LogP contribution in [-0.4, -0.2) is 53.5 Å². The number of carboxylic acid groups (broad SMARTS) is 1. The van der Waals surface area contributed by atoms with Gasteiger partial charge in [-0.3, -0.25) is 9.78 Å². The average molecular weight is 552 g/mol. The van der Waals surface area contributed by atoms with Crippen LogP contribution in [-0.2, 0) is 4.79 Å². The average Bonchev–Trinajstić information content (AvgIpc) is 2.89. The third-order valence-corrected chi connectivity index (χ3v) is 8.82. The van der Waals surface area contributed by atoms with Crippen LogP contribution in [0.3, 0.4) is 0 Å². The Balaban J connectivity index is 1.33. The number of likely N-dealkylation sites (tertiary alicyclic amines) is 1. The highest BCUT2D eigenvalue weighted by atomic mass is 35.5. The minimum atomic E-state index is -1.20. The fourth-order valence-electron chi connectivity index (χ4n) is 4.84. The Labute approximate surface area is 224 Å². The maximum absolute atomic E-state index is 15.4. The zero-order valence-corrected chi connectivity index (χ0v) is 22.3. The van der Waals surface area contributed by atoms with Crippen LogP contribution in [0.25, 0.3) is 10.9 Å². The summed E-state index contributed by atoms with van der Waals surface area (Å²) >= 11 is 14.0. The summed E-state index contributed by atoms with van der Waals surface area (Å²) in [5, 5.41) is 11.7. The summed E-state index contributed by atoms with van der Waals surface area (Å²) < 4.78 is 20.7. The lowest BCUT2D eigenvalue weighted by molar-refractivity contribution is -0.146. The van der Waals surface area contributed by atoms with E-state index in [1.807, 2.05) is 18.2 Å². The summed E-state index contributed by atoms with van der Waals surface area (Å²) in [4.78, 5) is 19.5. The van der Waals surface area contributed by atoms with Crippen LogP contribution < -0.4 is 4.74 Å². The first-order valence-corrected chi connectivity index (χ1v) is 13.7. The molecule has 9 heteroatoms. The van der Waals surface area contributed by atoms with Crippen molar-refractivity contribution >= 4 is 51.8 Å². The van der Waals surface area contributed by atoms with E-state index in [0.29, 0.717) is 39.8 Å². The van der Waals surface area contributed by atoms with Gasteiger partial charge < -0.3 is 14.7 Å². The van der Waals surface area contributed by atoms with Gasteiger partial charge in [0.1, 0.15) is 11.9 Å². The number of ether oxygens (including phenoxy) is 1. The number of piperidine rings is 1. The number of hydrogen-bond donors (Lipinski definition) is 1. The molecule has 1 fully saturated rings. The number of pyridine rings is 1. The number of methoxy groups -OCH3 is 1. The molecule has 0 radical (unpaired) electrons. The van der Waals surface area contributed by atoms with Crippen LogP contribution in [0.15, 0.2) is 53.6 Å². The largest absolute Gasteiger partial charge is 0.497 e. The van der Waals surface area contributed by atoms with Crippen molar-refractivity contribution in [1.82, 2.24) is 9.88 Å². The summed E-state index contributed by atoms with van der Waals surface area (Å²) in [6.07, 6.45) is 1.94. The van der Waals surface area contributed by atoms with Crippen molar-refractivity contribution in [2.24, 2.45) is 11.8 Å². The topological polar surface area (TPSA) is 62.7 Å². The highest BCUT2D eigenvalue weighted by Crippen LogP contribution is 2.36. The second-order valence-electron chi connectivity index (χ2n) is 9.02. The van der Waals surface area contributed by atoms with E-state index in [2.05, 4.69) is 9.88 Å². The number of fused-ring (bicyclic) bond motifs is 1. The molecule has 4 rings (SSSR count). The summed E-state index contributed by atoms with van der Waals surface area (Å²) in [6.45, 7) is 2.02. The van der Waals surface area contributed by atoms with E-state index in [1.54, 1.807) is 49.3 Å². The fourth-order valence-corrected chi connectivity index (χ4v) is 6.34. The lowest BCUT2D eigenvalue weighted by Gasteiger charge is -2.36. The first-order chi connectivity index (χ1) is 17.4. The molecule has 1 aliphatic rings. The van der Waals surface area contributed by atoms with Gasteiger partial charge in [-0.1, -0.05) is 29.3 Å². The molecule has 2 heterocycles. The predicted octanol–water partition coefficient (Wildman–Crippen LogP) is 7.16. The molecule has 5 nitrogen and oxygen atoms in total. The van der Waals surface area contributed by atoms with E-state index in [0.717, 1.165) is 35.5 Å². The first-order valence-electron chi connectivity index (χ1n) is 12.0. The van der Waals surface area contributed by atoms with Gasteiger partial charge in [-0.15, -0.1) is 11.8 Å². The molecule has 1 aromatic heterocycles. The Bertz CT molecular complexity index is 1210. The molecule has 0 aliphatic carbocycles. The molecule has 0 bridgehead atoms. The number of hydrogen-bond acceptors (Lipinski definition) is 5. The summed E-state index contributed by atoms with van der Waals surface area (Å²) in [5.74, 6) is 0.0415. The first kappa shape index (κ1) is 27.0. The minimum absolute atomic E-state index is 0.0605. The lowest BCUT2D eigenvalue weighted by Crippen LogP contribution is -2.44. The van der Waals surface area contributed by atoms with Gasteiger partial charge in [-0.05, 0) is 73.7 Å². The summed E-state index contributed by atoms with van der Waals surface area (Å²) in [5.41, 5.74) is 1.28. The lowest BCUT2D eigenvalue weighted by atomic mass is 9.81. The molecule has 0 amide bonds. The SMILES string of the molecule is COc1ccc2nccc([C@H](F)CC[C@@H]3CCN(CCSc4cccc(Cl)c4Cl)C[C@@H]3C(=O)O)c2c1. The van der Waals surface area contributed by atoms with Crippen LogP contribution in [0.4, 0.5) is 4.39 Å². The number of aliphatic carboxylic acids is 1. The molecule has 1 N–H and O–H groups in total. The molecular weight excluding hydrogens is 522 g/mol. The van der Waals surface area contributed by atoms with Crippen LogP contribution in [0, 0.1) is 11.8 Å². The molecule has 3 atom stereocenters. The molecule has 0 unspecified atom stereocenters. The van der Waals surface area contributed by atoms with Gasteiger partial charge in [0.2, 0.25) is 0 Å². The Kier molecular flexibility index (Phi) is 9.34. The van der Waals surface area contributed by atoms with Crippen molar-refractivity contribution in [2.45, 2.75) is 30.3 Å². The van der Waals surface area contributed by atoms with Crippen LogP contribution in [0.2, 0.25) is 10.0 Å². The molecule has 0 spiro atoms. The molecular formula is C27H29Cl2FN2O3S. The normalized spacial score (nSPS) is 19.3. The number of carboxylic acids is 1. The number of thioether (sulfide) groups is 1. The Hall–Kier alpha value is -2.06. The maximum atomic E-state index is 15.4. The van der Waals surface area contributed by atoms with Gasteiger partial charge in [0.25, 0.3) is 0 Å². The highest BCUT2D eigenvalue weighted by Gasteiger charge is 2.34. The van der Waals surface area contributed by atoms with Gasteiger partial charge in [0, 0.05) is 35.3 Å². The van der Waals surface area contributed by atoms with Crippen molar-refractivity contribution in [1.29, 1.82) is 0 Å². The summed E-state index contributed by atoms with van der Waals surface area (Å²) in [6, 6.07) is 12.7. The van der Waals surface area contributed by atoms with Gasteiger partial charge in [-0.2, -0.15) is 0 Å². The Morgan fingerprint density at radius 2 is 2.14 bits per heavy atom. The maximum Gasteiger partial charge on any atom is 0.308 e. The predicted molar refractivity (Wildman–Crippen MR) is 144 cm³/mol. The fraction of sp³-hybridized carbons (Fsp3) is 0.407. The van der Waals surface area contributed by atoms with Crippen molar-refractivity contribution in [2.75, 3.05) is 32.5 Å². The molecule has 3 aromatic rings. The van der Waals surface area contributed by atoms with Crippen LogP contribution in [0.5, 0.6) is 5.75 Å². The van der Waals surface area contributed by atoms with Gasteiger partial charge in [-0.25, -0.2) is 4.39 Å². The van der Waals surface area contributed by atoms with Crippen molar-refractivity contribution in [3.63, 3.8) is 0 Å². The number of carbonyl (C=O) groups is 1. The van der Waals surface area contributed by atoms with E-state index < -0.39 is 18.1 Å². The quantitative estimate of drug-likeness (QED) is 0.270. The van der Waals surface area contributed by atoms with E-state index in [4.69, 9.17) is 27.9 Å². The van der Waals surface area contributed by atoms with E-state index >= 15 is 4.39 Å². The molecule has 2 aromatic carbocycles. The number of alkyl halides is 1. The zero-order chi connectivity index (χ0) is 25.7. The van der Waals surface area contributed by atoms with Crippen molar-refractivity contribution in [3.8, 4) is 5.75 Å². The van der Waals surface area contributed by atoms with E-state index in [9.17, 15) is 9.90 Å². The minimum Gasteiger partial charge on any atom is -0.497 e. The number of benzene rings is 2. The van der Waals surface area contributed by atoms with Crippen molar-refractivity contribution < 1.29 is 19.0 Å². The van der Waals surface area contributed by atoms with Crippen molar-refractivity contribution in [3.05, 3.63) is 64.3 Å². The number of rotatable bonds is 10. The Morgan fingerprint density at radius 1 is 1.31 bits per heavy atom. The highest BCUT2D eigenvalue weighted by molar-refractivity contribution is 7.99.